The predicted molar refractivity (Wildman–Crippen MR) is 39.3 cm³/mol. The van der Waals surface area contributed by atoms with Gasteiger partial charge in [-0.05, 0) is 12.2 Å². The summed E-state index contributed by atoms with van der Waals surface area (Å²) in [5.74, 6) is 0.587. The van der Waals surface area contributed by atoms with Crippen molar-refractivity contribution < 1.29 is 4.52 Å². The van der Waals surface area contributed by atoms with Crippen LogP contribution < -0.4 is 0 Å². The normalized spacial score (nSPS) is 10.2. The Labute approximate surface area is 66.4 Å². The Morgan fingerprint density at radius 2 is 2.36 bits per heavy atom. The summed E-state index contributed by atoms with van der Waals surface area (Å²) in [6, 6.07) is 1.70. The highest BCUT2D eigenvalue weighted by Crippen LogP contribution is 2.08. The highest BCUT2D eigenvalue weighted by molar-refractivity contribution is 7.71. The van der Waals surface area contributed by atoms with Gasteiger partial charge in [-0.15, -0.1) is 0 Å². The number of rotatable bonds is 1. The SMILES string of the molecule is S=c1nc(-c2ccon2)[nH][nH]1. The zero-order chi connectivity index (χ0) is 7.68. The first kappa shape index (κ1) is 6.29. The molecule has 0 aromatic carbocycles. The zero-order valence-corrected chi connectivity index (χ0v) is 6.18. The Morgan fingerprint density at radius 1 is 1.45 bits per heavy atom. The monoisotopic (exact) mass is 168 g/mol. The second kappa shape index (κ2) is 2.31. The minimum atomic E-state index is 0.406. The fourth-order valence-electron chi connectivity index (χ4n) is 0.726. The van der Waals surface area contributed by atoms with E-state index in [-0.39, 0.29) is 0 Å². The van der Waals surface area contributed by atoms with Crippen LogP contribution in [-0.2, 0) is 0 Å². The molecule has 11 heavy (non-hydrogen) atoms. The molecule has 0 aliphatic rings. The highest BCUT2D eigenvalue weighted by Gasteiger charge is 2.02. The fourth-order valence-corrected chi connectivity index (χ4v) is 0.868. The lowest BCUT2D eigenvalue weighted by atomic mass is 10.4. The van der Waals surface area contributed by atoms with Crippen LogP contribution in [0.15, 0.2) is 16.9 Å². The van der Waals surface area contributed by atoms with Crippen LogP contribution in [0.5, 0.6) is 0 Å². The molecule has 0 spiro atoms. The van der Waals surface area contributed by atoms with Gasteiger partial charge in [0, 0.05) is 6.07 Å². The largest absolute Gasteiger partial charge is 0.364 e. The molecule has 5 nitrogen and oxygen atoms in total. The van der Waals surface area contributed by atoms with Crippen molar-refractivity contribution >= 4 is 12.2 Å². The maximum Gasteiger partial charge on any atom is 0.213 e. The molecule has 2 aromatic rings. The first-order valence-corrected chi connectivity index (χ1v) is 3.32. The number of aromatic nitrogens is 4. The van der Waals surface area contributed by atoms with E-state index in [9.17, 15) is 0 Å². The minimum Gasteiger partial charge on any atom is -0.364 e. The van der Waals surface area contributed by atoms with Gasteiger partial charge in [-0.1, -0.05) is 5.16 Å². The quantitative estimate of drug-likeness (QED) is 0.626. The van der Waals surface area contributed by atoms with Crippen LogP contribution in [0.25, 0.3) is 11.5 Å². The summed E-state index contributed by atoms with van der Waals surface area (Å²) >= 11 is 4.75. The molecular weight excluding hydrogens is 164 g/mol. The molecule has 0 atom stereocenters. The van der Waals surface area contributed by atoms with E-state index in [4.69, 9.17) is 12.2 Å². The lowest BCUT2D eigenvalue weighted by molar-refractivity contribution is 0.422. The molecular formula is C5H4N4OS. The Kier molecular flexibility index (Phi) is 1.32. The van der Waals surface area contributed by atoms with Crippen molar-refractivity contribution in [3.8, 4) is 11.5 Å². The first-order valence-electron chi connectivity index (χ1n) is 2.92. The molecule has 0 saturated heterocycles. The predicted octanol–water partition coefficient (Wildman–Crippen LogP) is 1.12. The number of hydrogen-bond acceptors (Lipinski definition) is 4. The molecule has 0 unspecified atom stereocenters. The van der Waals surface area contributed by atoms with Crippen molar-refractivity contribution in [2.75, 3.05) is 0 Å². The molecule has 0 aliphatic carbocycles. The van der Waals surface area contributed by atoms with E-state index in [2.05, 4.69) is 24.9 Å². The van der Waals surface area contributed by atoms with Gasteiger partial charge < -0.3 is 4.52 Å². The van der Waals surface area contributed by atoms with Crippen molar-refractivity contribution in [2.45, 2.75) is 0 Å². The number of H-pyrrole nitrogens is 2. The Morgan fingerprint density at radius 3 is 2.91 bits per heavy atom. The highest BCUT2D eigenvalue weighted by atomic mass is 32.1. The van der Waals surface area contributed by atoms with Crippen LogP contribution in [0.4, 0.5) is 0 Å². The summed E-state index contributed by atoms with van der Waals surface area (Å²) in [7, 11) is 0. The van der Waals surface area contributed by atoms with Gasteiger partial charge in [-0.25, -0.2) is 0 Å². The standard InChI is InChI=1S/C5H4N4OS/c11-5-6-4(7-8-5)3-1-2-10-9-3/h1-2H,(H2,6,7,8,11). The second-order valence-corrected chi connectivity index (χ2v) is 2.29. The third-order valence-electron chi connectivity index (χ3n) is 1.18. The topological polar surface area (TPSA) is 70.5 Å². The molecule has 2 rings (SSSR count). The zero-order valence-electron chi connectivity index (χ0n) is 5.37. The summed E-state index contributed by atoms with van der Waals surface area (Å²) < 4.78 is 5.03. The van der Waals surface area contributed by atoms with Crippen LogP contribution in [0.1, 0.15) is 0 Å². The molecule has 6 heteroatoms. The van der Waals surface area contributed by atoms with E-state index in [1.807, 2.05) is 0 Å². The van der Waals surface area contributed by atoms with Crippen LogP contribution in [-0.4, -0.2) is 20.3 Å². The summed E-state index contributed by atoms with van der Waals surface area (Å²) in [4.78, 5) is 3.93. The summed E-state index contributed by atoms with van der Waals surface area (Å²) in [5, 5.41) is 9.06. The van der Waals surface area contributed by atoms with Gasteiger partial charge in [-0.3, -0.25) is 10.2 Å². The Bertz CT molecular complexity index is 387. The maximum absolute atomic E-state index is 4.75. The summed E-state index contributed by atoms with van der Waals surface area (Å²) in [6.45, 7) is 0. The van der Waals surface area contributed by atoms with Crippen molar-refractivity contribution in [2.24, 2.45) is 0 Å². The minimum absolute atomic E-state index is 0.406. The number of nitrogens with one attached hydrogen (secondary N) is 2. The smallest absolute Gasteiger partial charge is 0.213 e. The molecule has 0 bridgehead atoms. The van der Waals surface area contributed by atoms with E-state index in [0.29, 0.717) is 16.3 Å². The van der Waals surface area contributed by atoms with Gasteiger partial charge in [0.2, 0.25) is 4.77 Å². The molecule has 2 aromatic heterocycles. The second-order valence-electron chi connectivity index (χ2n) is 1.90. The van der Waals surface area contributed by atoms with E-state index in [1.165, 1.54) is 6.26 Å². The third kappa shape index (κ3) is 1.07. The van der Waals surface area contributed by atoms with E-state index in [0.717, 1.165) is 0 Å². The maximum atomic E-state index is 4.75. The van der Waals surface area contributed by atoms with Crippen molar-refractivity contribution in [1.82, 2.24) is 20.3 Å². The molecule has 56 valence electrons. The molecule has 0 amide bonds. The molecule has 0 aliphatic heterocycles. The third-order valence-corrected chi connectivity index (χ3v) is 1.37. The van der Waals surface area contributed by atoms with Gasteiger partial charge in [0.05, 0.1) is 0 Å². The first-order chi connectivity index (χ1) is 5.36. The van der Waals surface area contributed by atoms with Crippen molar-refractivity contribution in [1.29, 1.82) is 0 Å². The number of aromatic amines is 2. The lowest BCUT2D eigenvalue weighted by Crippen LogP contribution is -1.78. The Hall–Kier alpha value is -1.43. The number of nitrogens with zero attached hydrogens (tertiary/aromatic N) is 2. The van der Waals surface area contributed by atoms with Gasteiger partial charge in [0.15, 0.2) is 11.5 Å². The fraction of sp³-hybridized carbons (Fsp3) is 0. The van der Waals surface area contributed by atoms with Gasteiger partial charge >= 0.3 is 0 Å². The summed E-state index contributed by atoms with van der Waals surface area (Å²) in [5.41, 5.74) is 0.636. The average Bonchev–Trinajstić information content (AvgIpc) is 2.55. The van der Waals surface area contributed by atoms with Crippen LogP contribution in [0.2, 0.25) is 0 Å². The van der Waals surface area contributed by atoms with Crippen molar-refractivity contribution in [3.63, 3.8) is 0 Å². The average molecular weight is 168 g/mol. The van der Waals surface area contributed by atoms with Gasteiger partial charge in [0.25, 0.3) is 0 Å². The van der Waals surface area contributed by atoms with Crippen LogP contribution >= 0.6 is 12.2 Å². The van der Waals surface area contributed by atoms with Gasteiger partial charge in [0.1, 0.15) is 6.26 Å². The van der Waals surface area contributed by atoms with E-state index < -0.39 is 0 Å². The Balaban J connectivity index is 2.53. The van der Waals surface area contributed by atoms with E-state index >= 15 is 0 Å². The molecule has 2 N–H and O–H groups in total. The van der Waals surface area contributed by atoms with Crippen LogP contribution in [0.3, 0.4) is 0 Å². The molecule has 0 radical (unpaired) electrons. The van der Waals surface area contributed by atoms with Crippen molar-refractivity contribution in [3.05, 3.63) is 17.1 Å². The van der Waals surface area contributed by atoms with Crippen LogP contribution in [0, 0.1) is 4.77 Å². The lowest BCUT2D eigenvalue weighted by Gasteiger charge is -1.80. The number of hydrogen-bond donors (Lipinski definition) is 2. The van der Waals surface area contributed by atoms with E-state index in [1.54, 1.807) is 6.07 Å². The molecule has 0 saturated carbocycles. The molecule has 0 fully saturated rings. The van der Waals surface area contributed by atoms with Gasteiger partial charge in [-0.2, -0.15) is 4.98 Å². The summed E-state index contributed by atoms with van der Waals surface area (Å²) in [6.07, 6.45) is 1.47. The molecule has 2 heterocycles.